The van der Waals surface area contributed by atoms with Crippen LogP contribution >= 0.6 is 11.3 Å². The summed E-state index contributed by atoms with van der Waals surface area (Å²) in [5.74, 6) is 1.99. The number of carbonyl (C=O) groups excluding carboxylic acids is 1. The average Bonchev–Trinajstić information content (AvgIpc) is 3.12. The fourth-order valence-electron chi connectivity index (χ4n) is 3.74. The third-order valence-corrected chi connectivity index (χ3v) is 6.20. The molecule has 0 saturated carbocycles. The second-order valence-corrected chi connectivity index (χ2v) is 8.39. The van der Waals surface area contributed by atoms with E-state index in [1.165, 1.54) is 28.0 Å². The van der Waals surface area contributed by atoms with E-state index in [2.05, 4.69) is 10.9 Å². The number of carbonyl (C=O) groups is 1. The van der Waals surface area contributed by atoms with Gasteiger partial charge in [-0.3, -0.25) is 9.36 Å². The maximum Gasteiger partial charge on any atom is 0.338 e. The number of nitrogens with zero attached hydrogens (tertiary/aromatic N) is 2. The minimum Gasteiger partial charge on any atom is -0.480 e. The van der Waals surface area contributed by atoms with Gasteiger partial charge in [-0.1, -0.05) is 47.6 Å². The predicted octanol–water partition coefficient (Wildman–Crippen LogP) is 2.95. The average molecular weight is 477 g/mol. The predicted molar refractivity (Wildman–Crippen MR) is 128 cm³/mol. The third kappa shape index (κ3) is 4.43. The van der Waals surface area contributed by atoms with Gasteiger partial charge in [-0.15, -0.1) is 6.42 Å². The molecule has 34 heavy (non-hydrogen) atoms. The van der Waals surface area contributed by atoms with E-state index in [1.54, 1.807) is 38.1 Å². The van der Waals surface area contributed by atoms with Gasteiger partial charge in [0.1, 0.15) is 18.2 Å². The van der Waals surface area contributed by atoms with Crippen molar-refractivity contribution >= 4 is 23.4 Å². The summed E-state index contributed by atoms with van der Waals surface area (Å²) >= 11 is 1.19. The summed E-state index contributed by atoms with van der Waals surface area (Å²) in [6, 6.07) is 12.1. The van der Waals surface area contributed by atoms with E-state index < -0.39 is 17.8 Å². The molecule has 0 radical (unpaired) electrons. The highest BCUT2D eigenvalue weighted by atomic mass is 32.1. The number of allylic oxidation sites excluding steroid dienone is 1. The lowest BCUT2D eigenvalue weighted by molar-refractivity contribution is -0.139. The van der Waals surface area contributed by atoms with Crippen LogP contribution in [-0.2, 0) is 9.53 Å². The number of terminal acetylenes is 1. The topological polar surface area (TPSA) is 69.9 Å². The van der Waals surface area contributed by atoms with Crippen LogP contribution < -0.4 is 19.6 Å². The second kappa shape index (κ2) is 9.89. The van der Waals surface area contributed by atoms with Gasteiger partial charge < -0.3 is 9.47 Å². The first-order valence-electron chi connectivity index (χ1n) is 10.5. The molecule has 6 nitrogen and oxygen atoms in total. The molecule has 2 aromatic carbocycles. The summed E-state index contributed by atoms with van der Waals surface area (Å²) in [6.07, 6.45) is 7.02. The van der Waals surface area contributed by atoms with Crippen LogP contribution in [0.15, 0.2) is 69.6 Å². The Morgan fingerprint density at radius 2 is 2.00 bits per heavy atom. The molecule has 1 aliphatic rings. The molecule has 0 unspecified atom stereocenters. The lowest BCUT2D eigenvalue weighted by Gasteiger charge is -2.24. The van der Waals surface area contributed by atoms with Crippen LogP contribution in [0, 0.1) is 18.2 Å². The molecule has 0 fully saturated rings. The van der Waals surface area contributed by atoms with Crippen molar-refractivity contribution in [3.63, 3.8) is 0 Å². The van der Waals surface area contributed by atoms with Crippen LogP contribution in [0.3, 0.4) is 0 Å². The van der Waals surface area contributed by atoms with Crippen LogP contribution in [0.1, 0.15) is 31.0 Å². The van der Waals surface area contributed by atoms with Crippen molar-refractivity contribution in [2.75, 3.05) is 13.2 Å². The van der Waals surface area contributed by atoms with Crippen molar-refractivity contribution in [2.45, 2.75) is 19.9 Å². The van der Waals surface area contributed by atoms with Gasteiger partial charge in [0.2, 0.25) is 0 Å². The Morgan fingerprint density at radius 3 is 2.71 bits per heavy atom. The number of esters is 1. The van der Waals surface area contributed by atoms with E-state index in [0.717, 1.165) is 0 Å². The van der Waals surface area contributed by atoms with Gasteiger partial charge in [0.15, 0.2) is 4.80 Å². The number of aromatic nitrogens is 1. The minimum atomic E-state index is -0.800. The van der Waals surface area contributed by atoms with Crippen molar-refractivity contribution in [3.8, 4) is 18.1 Å². The maximum atomic E-state index is 13.6. The van der Waals surface area contributed by atoms with Gasteiger partial charge in [-0.05, 0) is 43.7 Å². The molecule has 0 N–H and O–H groups in total. The molecule has 2 heterocycles. The van der Waals surface area contributed by atoms with Crippen molar-refractivity contribution in [3.05, 3.63) is 96.4 Å². The molecule has 0 aliphatic carbocycles. The fourth-order valence-corrected chi connectivity index (χ4v) is 4.78. The first kappa shape index (κ1) is 23.2. The van der Waals surface area contributed by atoms with Gasteiger partial charge in [0.25, 0.3) is 5.56 Å². The number of para-hydroxylation sites is 1. The third-order valence-electron chi connectivity index (χ3n) is 5.22. The van der Waals surface area contributed by atoms with Crippen molar-refractivity contribution in [2.24, 2.45) is 4.99 Å². The van der Waals surface area contributed by atoms with E-state index in [-0.39, 0.29) is 24.3 Å². The highest BCUT2D eigenvalue weighted by Crippen LogP contribution is 2.30. The highest BCUT2D eigenvalue weighted by Gasteiger charge is 2.33. The Bertz CT molecular complexity index is 1490. The normalized spacial score (nSPS) is 15.4. The fraction of sp³-hybridized carbons (Fsp3) is 0.192. The van der Waals surface area contributed by atoms with Gasteiger partial charge in [-0.2, -0.15) is 0 Å². The molecule has 0 bridgehead atoms. The SMILES string of the molecule is C#CCOc1ccccc1/C=c1\sc2n(c1=O)[C@@H](c1ccc(F)cc1)C(C(=O)OCC)=C(C)N=2. The molecular weight excluding hydrogens is 455 g/mol. The summed E-state index contributed by atoms with van der Waals surface area (Å²) in [6.45, 7) is 3.67. The molecule has 1 aromatic heterocycles. The molecule has 0 saturated heterocycles. The molecule has 1 atom stereocenters. The number of benzene rings is 2. The minimum absolute atomic E-state index is 0.0960. The molecule has 3 aromatic rings. The van der Waals surface area contributed by atoms with E-state index in [0.29, 0.717) is 31.9 Å². The van der Waals surface area contributed by atoms with Crippen LogP contribution in [0.2, 0.25) is 0 Å². The molecule has 0 amide bonds. The molecule has 0 spiro atoms. The number of rotatable bonds is 6. The van der Waals surface area contributed by atoms with E-state index in [9.17, 15) is 14.0 Å². The quantitative estimate of drug-likeness (QED) is 0.405. The van der Waals surface area contributed by atoms with Gasteiger partial charge >= 0.3 is 5.97 Å². The van der Waals surface area contributed by atoms with Crippen LogP contribution in [0.4, 0.5) is 4.39 Å². The molecule has 8 heteroatoms. The number of thiazole rings is 1. The maximum absolute atomic E-state index is 13.6. The van der Waals surface area contributed by atoms with E-state index in [4.69, 9.17) is 15.9 Å². The Labute approximate surface area is 199 Å². The summed E-state index contributed by atoms with van der Waals surface area (Å²) in [5.41, 5.74) is 1.61. The number of fused-ring (bicyclic) bond motifs is 1. The largest absolute Gasteiger partial charge is 0.480 e. The van der Waals surface area contributed by atoms with Gasteiger partial charge in [0, 0.05) is 5.56 Å². The smallest absolute Gasteiger partial charge is 0.338 e. The monoisotopic (exact) mass is 476 g/mol. The highest BCUT2D eigenvalue weighted by molar-refractivity contribution is 7.07. The lowest BCUT2D eigenvalue weighted by atomic mass is 9.96. The Morgan fingerprint density at radius 1 is 1.26 bits per heavy atom. The van der Waals surface area contributed by atoms with Gasteiger partial charge in [-0.25, -0.2) is 14.2 Å². The molecule has 172 valence electrons. The number of hydrogen-bond acceptors (Lipinski definition) is 6. The number of ether oxygens (including phenoxy) is 2. The van der Waals surface area contributed by atoms with E-state index >= 15 is 0 Å². The number of hydrogen-bond donors (Lipinski definition) is 0. The van der Waals surface area contributed by atoms with E-state index in [1.807, 2.05) is 18.2 Å². The molecule has 4 rings (SSSR count). The molecule has 1 aliphatic heterocycles. The Hall–Kier alpha value is -3.96. The van der Waals surface area contributed by atoms with Crippen LogP contribution in [0.25, 0.3) is 6.08 Å². The zero-order valence-electron chi connectivity index (χ0n) is 18.6. The van der Waals surface area contributed by atoms with Crippen molar-refractivity contribution in [1.82, 2.24) is 4.57 Å². The lowest BCUT2D eigenvalue weighted by Crippen LogP contribution is -2.39. The Balaban J connectivity index is 1.93. The Kier molecular flexibility index (Phi) is 6.75. The van der Waals surface area contributed by atoms with Crippen LogP contribution in [0.5, 0.6) is 5.75 Å². The summed E-state index contributed by atoms with van der Waals surface area (Å²) in [5, 5.41) is 0. The van der Waals surface area contributed by atoms with Crippen molar-refractivity contribution < 1.29 is 18.7 Å². The number of halogens is 1. The first-order valence-corrected chi connectivity index (χ1v) is 11.4. The van der Waals surface area contributed by atoms with Crippen LogP contribution in [-0.4, -0.2) is 23.8 Å². The summed E-state index contributed by atoms with van der Waals surface area (Å²) in [7, 11) is 0. The van der Waals surface area contributed by atoms with Gasteiger partial charge in [0.05, 0.1) is 28.5 Å². The van der Waals surface area contributed by atoms with Crippen molar-refractivity contribution in [1.29, 1.82) is 0 Å². The standard InChI is InChI=1S/C26H21FN2O4S/c1-4-14-33-20-9-7-6-8-18(20)15-21-24(30)29-23(17-10-12-19(27)13-11-17)22(25(31)32-5-2)16(3)28-26(29)34-21/h1,6-13,15,23H,5,14H2,2-3H3/b21-15-/t23-/m0/s1. The zero-order chi connectivity index (χ0) is 24.2. The summed E-state index contributed by atoms with van der Waals surface area (Å²) in [4.78, 5) is 31.4. The zero-order valence-corrected chi connectivity index (χ0v) is 19.4. The summed E-state index contributed by atoms with van der Waals surface area (Å²) < 4.78 is 26.3. The second-order valence-electron chi connectivity index (χ2n) is 7.38. The molecular formula is C26H21FN2O4S. The first-order chi connectivity index (χ1) is 16.4.